The van der Waals surface area contributed by atoms with Crippen molar-refractivity contribution in [2.24, 2.45) is 11.8 Å². The molecule has 114 valence electrons. The number of rotatable bonds is 8. The lowest BCUT2D eigenvalue weighted by Crippen LogP contribution is -2.37. The van der Waals surface area contributed by atoms with Gasteiger partial charge < -0.3 is 14.9 Å². The third kappa shape index (κ3) is 4.91. The highest BCUT2D eigenvalue weighted by molar-refractivity contribution is 5.98. The van der Waals surface area contributed by atoms with Crippen molar-refractivity contribution in [3.8, 4) is 0 Å². The highest BCUT2D eigenvalue weighted by Gasteiger charge is 2.40. The van der Waals surface area contributed by atoms with Crippen LogP contribution < -0.4 is 0 Å². The minimum atomic E-state index is -1.69. The fourth-order valence-corrected chi connectivity index (χ4v) is 2.07. The Kier molecular flexibility index (Phi) is 6.39. The van der Waals surface area contributed by atoms with E-state index in [1.54, 1.807) is 0 Å². The lowest BCUT2D eigenvalue weighted by molar-refractivity contribution is -0.167. The first kappa shape index (κ1) is 16.7. The van der Waals surface area contributed by atoms with Crippen molar-refractivity contribution in [2.45, 2.75) is 19.8 Å². The number of carboxylic acids is 2. The molecule has 0 aliphatic rings. The Morgan fingerprint density at radius 1 is 1.10 bits per heavy atom. The summed E-state index contributed by atoms with van der Waals surface area (Å²) < 4.78 is 4.67. The van der Waals surface area contributed by atoms with Crippen molar-refractivity contribution in [3.63, 3.8) is 0 Å². The number of hydrogen-bond acceptors (Lipinski definition) is 4. The van der Waals surface area contributed by atoms with Gasteiger partial charge in [-0.25, -0.2) is 0 Å². The maximum Gasteiger partial charge on any atom is 0.321 e. The number of esters is 1. The van der Waals surface area contributed by atoms with Crippen molar-refractivity contribution in [2.75, 3.05) is 6.61 Å². The van der Waals surface area contributed by atoms with E-state index in [1.807, 2.05) is 30.3 Å². The zero-order valence-corrected chi connectivity index (χ0v) is 11.7. The molecule has 1 aromatic carbocycles. The van der Waals surface area contributed by atoms with Crippen LogP contribution in [0.15, 0.2) is 30.3 Å². The molecule has 0 aliphatic heterocycles. The molecular formula is C15H18O6. The Bertz CT molecular complexity index is 496. The van der Waals surface area contributed by atoms with Crippen LogP contribution in [0.2, 0.25) is 0 Å². The standard InChI is InChI=1S/C15H18O6/c1-2-21-15(20)12(14(18)19)11(13(16)17)9-8-10-6-4-3-5-7-10/h3-7,11-12H,2,8-9H2,1H3,(H,16,17)(H,18,19). The minimum absolute atomic E-state index is 0.00758. The van der Waals surface area contributed by atoms with Gasteiger partial charge in [0.2, 0.25) is 0 Å². The van der Waals surface area contributed by atoms with E-state index >= 15 is 0 Å². The molecule has 0 bridgehead atoms. The maximum atomic E-state index is 11.7. The van der Waals surface area contributed by atoms with Gasteiger partial charge in [-0.15, -0.1) is 0 Å². The van der Waals surface area contributed by atoms with Gasteiger partial charge in [-0.1, -0.05) is 30.3 Å². The van der Waals surface area contributed by atoms with Gasteiger partial charge in [-0.3, -0.25) is 14.4 Å². The summed E-state index contributed by atoms with van der Waals surface area (Å²) in [7, 11) is 0. The van der Waals surface area contributed by atoms with E-state index in [0.717, 1.165) is 5.56 Å². The largest absolute Gasteiger partial charge is 0.481 e. The molecule has 0 aromatic heterocycles. The van der Waals surface area contributed by atoms with Crippen LogP contribution in [0.25, 0.3) is 0 Å². The summed E-state index contributed by atoms with van der Waals surface area (Å²) in [5, 5.41) is 18.3. The van der Waals surface area contributed by atoms with Gasteiger partial charge in [-0.05, 0) is 25.3 Å². The molecule has 0 saturated heterocycles. The number of carbonyl (C=O) groups excluding carboxylic acids is 1. The normalized spacial score (nSPS) is 13.2. The minimum Gasteiger partial charge on any atom is -0.481 e. The van der Waals surface area contributed by atoms with E-state index in [4.69, 9.17) is 5.11 Å². The van der Waals surface area contributed by atoms with Crippen LogP contribution >= 0.6 is 0 Å². The molecule has 0 radical (unpaired) electrons. The van der Waals surface area contributed by atoms with Gasteiger partial charge in [-0.2, -0.15) is 0 Å². The van der Waals surface area contributed by atoms with Crippen molar-refractivity contribution >= 4 is 17.9 Å². The Morgan fingerprint density at radius 2 is 1.71 bits per heavy atom. The van der Waals surface area contributed by atoms with Crippen LogP contribution in [0.1, 0.15) is 18.9 Å². The van der Waals surface area contributed by atoms with Gasteiger partial charge in [0.15, 0.2) is 5.92 Å². The smallest absolute Gasteiger partial charge is 0.321 e. The Balaban J connectivity index is 2.85. The number of benzene rings is 1. The fourth-order valence-electron chi connectivity index (χ4n) is 2.07. The maximum absolute atomic E-state index is 11.7. The van der Waals surface area contributed by atoms with Crippen molar-refractivity contribution in [1.82, 2.24) is 0 Å². The van der Waals surface area contributed by atoms with Crippen LogP contribution in [0.4, 0.5) is 0 Å². The highest BCUT2D eigenvalue weighted by Crippen LogP contribution is 2.21. The molecule has 0 amide bonds. The molecule has 0 spiro atoms. The molecule has 0 aliphatic carbocycles. The summed E-state index contributed by atoms with van der Waals surface area (Å²) in [5.74, 6) is -6.81. The second-order valence-electron chi connectivity index (χ2n) is 4.54. The number of aliphatic carboxylic acids is 2. The predicted octanol–water partition coefficient (Wildman–Crippen LogP) is 1.58. The number of carbonyl (C=O) groups is 3. The van der Waals surface area contributed by atoms with Crippen LogP contribution in [0.5, 0.6) is 0 Å². The second kappa shape index (κ2) is 8.04. The van der Waals surface area contributed by atoms with Crippen molar-refractivity contribution in [3.05, 3.63) is 35.9 Å². The first-order chi connectivity index (χ1) is 9.97. The summed E-state index contributed by atoms with van der Waals surface area (Å²) in [6.45, 7) is 1.55. The van der Waals surface area contributed by atoms with Crippen LogP contribution in [0.3, 0.4) is 0 Å². The number of carboxylic acid groups (broad SMARTS) is 2. The Hall–Kier alpha value is -2.37. The highest BCUT2D eigenvalue weighted by atomic mass is 16.5. The van der Waals surface area contributed by atoms with Gasteiger partial charge in [0.05, 0.1) is 12.5 Å². The molecule has 1 aromatic rings. The summed E-state index contributed by atoms with van der Waals surface area (Å²) in [6, 6.07) is 9.09. The van der Waals surface area contributed by atoms with Crippen molar-refractivity contribution < 1.29 is 29.3 Å². The number of hydrogen-bond donors (Lipinski definition) is 2. The first-order valence-electron chi connectivity index (χ1n) is 6.63. The van der Waals surface area contributed by atoms with Gasteiger partial charge >= 0.3 is 17.9 Å². The third-order valence-electron chi connectivity index (χ3n) is 3.11. The third-order valence-corrected chi connectivity index (χ3v) is 3.11. The predicted molar refractivity (Wildman–Crippen MR) is 73.6 cm³/mol. The summed E-state index contributed by atoms with van der Waals surface area (Å²) in [6.07, 6.45) is 0.427. The van der Waals surface area contributed by atoms with Crippen LogP contribution in [0, 0.1) is 11.8 Å². The molecule has 0 saturated carbocycles. The average molecular weight is 294 g/mol. The molecular weight excluding hydrogens is 276 g/mol. The molecule has 6 nitrogen and oxygen atoms in total. The molecule has 2 N–H and O–H groups in total. The van der Waals surface area contributed by atoms with E-state index in [1.165, 1.54) is 6.92 Å². The van der Waals surface area contributed by atoms with E-state index in [-0.39, 0.29) is 13.0 Å². The molecule has 0 fully saturated rings. The fraction of sp³-hybridized carbons (Fsp3) is 0.400. The first-order valence-corrected chi connectivity index (χ1v) is 6.63. The molecule has 2 atom stereocenters. The van der Waals surface area contributed by atoms with E-state index in [2.05, 4.69) is 4.74 Å². The summed E-state index contributed by atoms with van der Waals surface area (Å²) >= 11 is 0. The number of aryl methyl sites for hydroxylation is 1. The SMILES string of the molecule is CCOC(=O)C(C(=O)O)C(CCc1ccccc1)C(=O)O. The molecule has 21 heavy (non-hydrogen) atoms. The molecule has 1 rings (SSSR count). The van der Waals surface area contributed by atoms with E-state index in [9.17, 15) is 19.5 Å². The van der Waals surface area contributed by atoms with Gasteiger partial charge in [0.1, 0.15) is 0 Å². The average Bonchev–Trinajstić information content (AvgIpc) is 2.43. The Labute approximate surface area is 122 Å². The molecule has 2 unspecified atom stereocenters. The summed E-state index contributed by atoms with van der Waals surface area (Å²) in [4.78, 5) is 34.2. The number of ether oxygens (including phenoxy) is 1. The lowest BCUT2D eigenvalue weighted by atomic mass is 9.87. The van der Waals surface area contributed by atoms with E-state index in [0.29, 0.717) is 6.42 Å². The lowest BCUT2D eigenvalue weighted by Gasteiger charge is -2.18. The zero-order valence-electron chi connectivity index (χ0n) is 11.7. The van der Waals surface area contributed by atoms with E-state index < -0.39 is 29.7 Å². The molecule has 6 heteroatoms. The van der Waals surface area contributed by atoms with Gasteiger partial charge in [0, 0.05) is 0 Å². The quantitative estimate of drug-likeness (QED) is 0.557. The molecule has 0 heterocycles. The van der Waals surface area contributed by atoms with Crippen LogP contribution in [-0.4, -0.2) is 34.7 Å². The topological polar surface area (TPSA) is 101 Å². The van der Waals surface area contributed by atoms with Crippen LogP contribution in [-0.2, 0) is 25.5 Å². The summed E-state index contributed by atoms with van der Waals surface area (Å²) in [5.41, 5.74) is 0.886. The monoisotopic (exact) mass is 294 g/mol. The second-order valence-corrected chi connectivity index (χ2v) is 4.54. The van der Waals surface area contributed by atoms with Crippen molar-refractivity contribution in [1.29, 1.82) is 0 Å². The van der Waals surface area contributed by atoms with Gasteiger partial charge in [0.25, 0.3) is 0 Å². The Morgan fingerprint density at radius 3 is 2.19 bits per heavy atom. The zero-order chi connectivity index (χ0) is 15.8.